The number of hydrogen-bond donors (Lipinski definition) is 1. The van der Waals surface area contributed by atoms with Gasteiger partial charge in [-0.1, -0.05) is 0 Å². The first kappa shape index (κ1) is 6.92. The van der Waals surface area contributed by atoms with Crippen LogP contribution in [0.5, 0.6) is 0 Å². The zero-order valence-electron chi connectivity index (χ0n) is 6.76. The van der Waals surface area contributed by atoms with Crippen molar-refractivity contribution >= 4 is 0 Å². The van der Waals surface area contributed by atoms with Gasteiger partial charge < -0.3 is 9.73 Å². The van der Waals surface area contributed by atoms with Crippen LogP contribution < -0.4 is 5.32 Å². The molecule has 1 aromatic rings. The molecule has 1 atom stereocenters. The van der Waals surface area contributed by atoms with Gasteiger partial charge in [0.25, 0.3) is 0 Å². The van der Waals surface area contributed by atoms with Gasteiger partial charge in [0.1, 0.15) is 5.76 Å². The Hall–Kier alpha value is -0.760. The summed E-state index contributed by atoms with van der Waals surface area (Å²) < 4.78 is 5.39. The molecule has 1 aromatic heterocycles. The average molecular weight is 151 g/mol. The van der Waals surface area contributed by atoms with Crippen LogP contribution in [0.4, 0.5) is 0 Å². The number of aryl methyl sites for hydroxylation is 1. The molecule has 0 saturated carbocycles. The maximum atomic E-state index is 5.39. The first-order valence-corrected chi connectivity index (χ1v) is 4.15. The van der Waals surface area contributed by atoms with E-state index in [9.17, 15) is 0 Å². The summed E-state index contributed by atoms with van der Waals surface area (Å²) in [5.74, 6) is 1.10. The molecule has 2 heterocycles. The van der Waals surface area contributed by atoms with Crippen molar-refractivity contribution in [2.45, 2.75) is 25.8 Å². The summed E-state index contributed by atoms with van der Waals surface area (Å²) in [6.45, 7) is 3.19. The summed E-state index contributed by atoms with van der Waals surface area (Å²) in [4.78, 5) is 0. The molecule has 1 aliphatic rings. The van der Waals surface area contributed by atoms with Gasteiger partial charge in [-0.25, -0.2) is 0 Å². The van der Waals surface area contributed by atoms with E-state index in [1.54, 1.807) is 0 Å². The Kier molecular flexibility index (Phi) is 1.70. The van der Waals surface area contributed by atoms with Crippen LogP contribution in [-0.4, -0.2) is 6.54 Å². The van der Waals surface area contributed by atoms with Crippen LogP contribution in [0, 0.1) is 6.92 Å². The fourth-order valence-corrected chi connectivity index (χ4v) is 1.56. The van der Waals surface area contributed by atoms with Crippen molar-refractivity contribution in [3.63, 3.8) is 0 Å². The Morgan fingerprint density at radius 3 is 3.09 bits per heavy atom. The van der Waals surface area contributed by atoms with E-state index in [1.807, 2.05) is 6.26 Å². The van der Waals surface area contributed by atoms with Crippen LogP contribution in [0.2, 0.25) is 0 Å². The molecule has 0 amide bonds. The smallest absolute Gasteiger partial charge is 0.120 e. The second-order valence-electron chi connectivity index (χ2n) is 3.18. The van der Waals surface area contributed by atoms with Gasteiger partial charge in [0, 0.05) is 0 Å². The van der Waals surface area contributed by atoms with Crippen molar-refractivity contribution < 1.29 is 4.42 Å². The minimum absolute atomic E-state index is 0.476. The summed E-state index contributed by atoms with van der Waals surface area (Å²) in [5.41, 5.74) is 1.22. The number of nitrogens with one attached hydrogen (secondary N) is 1. The molecule has 0 aromatic carbocycles. The first-order valence-electron chi connectivity index (χ1n) is 4.15. The molecule has 1 aliphatic heterocycles. The minimum Gasteiger partial charge on any atom is -0.467 e. The lowest BCUT2D eigenvalue weighted by molar-refractivity contribution is 0.445. The van der Waals surface area contributed by atoms with E-state index >= 15 is 0 Å². The molecule has 60 valence electrons. The van der Waals surface area contributed by atoms with Gasteiger partial charge in [-0.3, -0.25) is 0 Å². The first-order chi connectivity index (χ1) is 5.36. The van der Waals surface area contributed by atoms with E-state index in [2.05, 4.69) is 18.3 Å². The standard InChI is InChI=1S/C9H13NO/c1-7-5-9(11-6-7)8-3-2-4-10-8/h5-6,8,10H,2-4H2,1H3/t8-/m0/s1. The van der Waals surface area contributed by atoms with Gasteiger partial charge >= 0.3 is 0 Å². The Labute approximate surface area is 66.6 Å². The summed E-state index contributed by atoms with van der Waals surface area (Å²) >= 11 is 0. The van der Waals surface area contributed by atoms with E-state index in [-0.39, 0.29) is 0 Å². The van der Waals surface area contributed by atoms with E-state index in [1.165, 1.54) is 18.4 Å². The Balaban J connectivity index is 2.15. The van der Waals surface area contributed by atoms with Gasteiger partial charge in [-0.05, 0) is 37.9 Å². The van der Waals surface area contributed by atoms with Crippen LogP contribution in [0.25, 0.3) is 0 Å². The van der Waals surface area contributed by atoms with Crippen LogP contribution in [0.15, 0.2) is 16.7 Å². The van der Waals surface area contributed by atoms with Crippen molar-refractivity contribution in [3.8, 4) is 0 Å². The predicted octanol–water partition coefficient (Wildman–Crippen LogP) is 2.01. The summed E-state index contributed by atoms with van der Waals surface area (Å²) in [6, 6.07) is 2.59. The average Bonchev–Trinajstić information content (AvgIpc) is 2.55. The van der Waals surface area contributed by atoms with Crippen LogP contribution >= 0.6 is 0 Å². The van der Waals surface area contributed by atoms with Crippen molar-refractivity contribution in [1.29, 1.82) is 0 Å². The molecule has 2 nitrogen and oxygen atoms in total. The van der Waals surface area contributed by atoms with E-state index in [4.69, 9.17) is 4.42 Å². The predicted molar refractivity (Wildman–Crippen MR) is 43.4 cm³/mol. The zero-order valence-corrected chi connectivity index (χ0v) is 6.76. The lowest BCUT2D eigenvalue weighted by Crippen LogP contribution is -2.11. The highest BCUT2D eigenvalue weighted by atomic mass is 16.3. The monoisotopic (exact) mass is 151 g/mol. The molecule has 0 unspecified atom stereocenters. The zero-order chi connectivity index (χ0) is 7.68. The quantitative estimate of drug-likeness (QED) is 0.664. The van der Waals surface area contributed by atoms with Crippen LogP contribution in [0.3, 0.4) is 0 Å². The van der Waals surface area contributed by atoms with Gasteiger partial charge in [0.2, 0.25) is 0 Å². The molecule has 0 bridgehead atoms. The molecular weight excluding hydrogens is 138 g/mol. The fraction of sp³-hybridized carbons (Fsp3) is 0.556. The van der Waals surface area contributed by atoms with Crippen molar-refractivity contribution in [3.05, 3.63) is 23.7 Å². The van der Waals surface area contributed by atoms with Crippen molar-refractivity contribution in [1.82, 2.24) is 5.32 Å². The van der Waals surface area contributed by atoms with Gasteiger partial charge in [0.15, 0.2) is 0 Å². The molecule has 2 heteroatoms. The Morgan fingerprint density at radius 1 is 1.64 bits per heavy atom. The largest absolute Gasteiger partial charge is 0.467 e. The summed E-state index contributed by atoms with van der Waals surface area (Å²) in [7, 11) is 0. The third-order valence-corrected chi connectivity index (χ3v) is 2.15. The van der Waals surface area contributed by atoms with E-state index in [0.29, 0.717) is 6.04 Å². The maximum absolute atomic E-state index is 5.39. The Morgan fingerprint density at radius 2 is 2.55 bits per heavy atom. The highest BCUT2D eigenvalue weighted by molar-refractivity contribution is 5.14. The van der Waals surface area contributed by atoms with Gasteiger partial charge in [0.05, 0.1) is 12.3 Å². The van der Waals surface area contributed by atoms with Crippen molar-refractivity contribution in [2.24, 2.45) is 0 Å². The van der Waals surface area contributed by atoms with Gasteiger partial charge in [-0.15, -0.1) is 0 Å². The van der Waals surface area contributed by atoms with E-state index < -0.39 is 0 Å². The second-order valence-corrected chi connectivity index (χ2v) is 3.18. The van der Waals surface area contributed by atoms with Crippen LogP contribution in [0.1, 0.15) is 30.2 Å². The number of rotatable bonds is 1. The number of hydrogen-bond acceptors (Lipinski definition) is 2. The maximum Gasteiger partial charge on any atom is 0.120 e. The van der Waals surface area contributed by atoms with Crippen LogP contribution in [-0.2, 0) is 0 Å². The third kappa shape index (κ3) is 1.31. The van der Waals surface area contributed by atoms with Crippen molar-refractivity contribution in [2.75, 3.05) is 6.54 Å². The molecule has 0 radical (unpaired) electrons. The highest BCUT2D eigenvalue weighted by Gasteiger charge is 2.18. The molecule has 1 saturated heterocycles. The molecule has 1 fully saturated rings. The summed E-state index contributed by atoms with van der Waals surface area (Å²) in [5, 5.41) is 3.39. The molecule has 1 N–H and O–H groups in total. The SMILES string of the molecule is Cc1coc([C@@H]2CCCN2)c1. The van der Waals surface area contributed by atoms with E-state index in [0.717, 1.165) is 12.3 Å². The Bertz CT molecular complexity index is 235. The molecular formula is C9H13NO. The third-order valence-electron chi connectivity index (χ3n) is 2.15. The topological polar surface area (TPSA) is 25.2 Å². The molecule has 0 spiro atoms. The fourth-order valence-electron chi connectivity index (χ4n) is 1.56. The summed E-state index contributed by atoms with van der Waals surface area (Å²) in [6.07, 6.45) is 4.30. The van der Waals surface area contributed by atoms with Gasteiger partial charge in [-0.2, -0.15) is 0 Å². The highest BCUT2D eigenvalue weighted by Crippen LogP contribution is 2.24. The molecule has 2 rings (SSSR count). The second kappa shape index (κ2) is 2.70. The lowest BCUT2D eigenvalue weighted by atomic mass is 10.2. The lowest BCUT2D eigenvalue weighted by Gasteiger charge is -2.04. The normalized spacial score (nSPS) is 24.3. The minimum atomic E-state index is 0.476. The number of furan rings is 1. The molecule has 11 heavy (non-hydrogen) atoms. The molecule has 0 aliphatic carbocycles.